The number of aromatic nitrogens is 1. The molecule has 1 aliphatic carbocycles. The molecule has 0 saturated heterocycles. The molecule has 0 bridgehead atoms. The first-order chi connectivity index (χ1) is 8.99. The first-order valence-electron chi connectivity index (χ1n) is 6.44. The average Bonchev–Trinajstić information content (AvgIpc) is 2.81. The third-order valence-electron chi connectivity index (χ3n) is 3.60. The summed E-state index contributed by atoms with van der Waals surface area (Å²) < 4.78 is 0. The zero-order valence-electron chi connectivity index (χ0n) is 11.2. The van der Waals surface area contributed by atoms with Crippen molar-refractivity contribution >= 4 is 17.7 Å². The van der Waals surface area contributed by atoms with Gasteiger partial charge in [-0.05, 0) is 37.8 Å². The van der Waals surface area contributed by atoms with Gasteiger partial charge in [-0.1, -0.05) is 6.07 Å². The van der Waals surface area contributed by atoms with E-state index in [9.17, 15) is 9.59 Å². The van der Waals surface area contributed by atoms with E-state index in [4.69, 9.17) is 5.11 Å². The summed E-state index contributed by atoms with van der Waals surface area (Å²) in [6.07, 6.45) is 3.56. The van der Waals surface area contributed by atoms with Crippen LogP contribution in [0.1, 0.15) is 31.7 Å². The van der Waals surface area contributed by atoms with Crippen LogP contribution >= 0.6 is 0 Å². The van der Waals surface area contributed by atoms with E-state index in [1.807, 2.05) is 19.1 Å². The number of pyridine rings is 1. The predicted octanol–water partition coefficient (Wildman–Crippen LogP) is 2.00. The van der Waals surface area contributed by atoms with Crippen molar-refractivity contribution in [3.8, 4) is 0 Å². The number of rotatable bonds is 3. The van der Waals surface area contributed by atoms with Gasteiger partial charge in [0.15, 0.2) is 0 Å². The van der Waals surface area contributed by atoms with Crippen LogP contribution in [0.15, 0.2) is 18.3 Å². The number of anilines is 1. The van der Waals surface area contributed by atoms with Crippen molar-refractivity contribution in [3.63, 3.8) is 0 Å². The normalized spacial score (nSPS) is 22.2. The van der Waals surface area contributed by atoms with Gasteiger partial charge in [-0.2, -0.15) is 0 Å². The van der Waals surface area contributed by atoms with Crippen LogP contribution < -0.4 is 4.90 Å². The standard InChI is InChI=1S/C14H18N2O3/c1-9-3-6-13(15-8-9)16(10(2)17)12-5-4-11(7-12)14(18)19/h3,6,8,11-12H,4-5,7H2,1-2H3,(H,18,19)/t11-,12+/m1/s1. The first kappa shape index (κ1) is 13.5. The Morgan fingerprint density at radius 3 is 2.58 bits per heavy atom. The summed E-state index contributed by atoms with van der Waals surface area (Å²) in [5.74, 6) is -0.610. The summed E-state index contributed by atoms with van der Waals surface area (Å²) >= 11 is 0. The summed E-state index contributed by atoms with van der Waals surface area (Å²) in [6.45, 7) is 3.43. The number of nitrogens with zero attached hydrogens (tertiary/aromatic N) is 2. The van der Waals surface area contributed by atoms with Crippen molar-refractivity contribution < 1.29 is 14.7 Å². The smallest absolute Gasteiger partial charge is 0.306 e. The lowest BCUT2D eigenvalue weighted by atomic mass is 10.1. The molecule has 102 valence electrons. The Hall–Kier alpha value is -1.91. The molecule has 1 aliphatic rings. The van der Waals surface area contributed by atoms with Crippen LogP contribution in [0, 0.1) is 12.8 Å². The van der Waals surface area contributed by atoms with Crippen LogP contribution in [0.25, 0.3) is 0 Å². The Labute approximate surface area is 112 Å². The number of carboxylic acid groups (broad SMARTS) is 1. The topological polar surface area (TPSA) is 70.5 Å². The molecule has 0 radical (unpaired) electrons. The second-order valence-electron chi connectivity index (χ2n) is 5.08. The summed E-state index contributed by atoms with van der Waals surface area (Å²) in [7, 11) is 0. The molecule has 0 aromatic carbocycles. The highest BCUT2D eigenvalue weighted by Crippen LogP contribution is 2.31. The van der Waals surface area contributed by atoms with E-state index in [0.29, 0.717) is 25.1 Å². The van der Waals surface area contributed by atoms with Gasteiger partial charge in [-0.3, -0.25) is 14.5 Å². The summed E-state index contributed by atoms with van der Waals surface area (Å²) in [4.78, 5) is 28.7. The third kappa shape index (κ3) is 2.92. The molecule has 1 saturated carbocycles. The average molecular weight is 262 g/mol. The lowest BCUT2D eigenvalue weighted by molar-refractivity contribution is -0.141. The van der Waals surface area contributed by atoms with Gasteiger partial charge >= 0.3 is 5.97 Å². The maximum atomic E-state index is 11.8. The highest BCUT2D eigenvalue weighted by atomic mass is 16.4. The molecule has 0 aliphatic heterocycles. The van der Waals surface area contributed by atoms with Gasteiger partial charge in [0.05, 0.1) is 5.92 Å². The van der Waals surface area contributed by atoms with E-state index < -0.39 is 5.97 Å². The Morgan fingerprint density at radius 2 is 2.11 bits per heavy atom. The van der Waals surface area contributed by atoms with E-state index >= 15 is 0 Å². The zero-order valence-corrected chi connectivity index (χ0v) is 11.2. The maximum Gasteiger partial charge on any atom is 0.306 e. The van der Waals surface area contributed by atoms with Gasteiger partial charge in [0.1, 0.15) is 5.82 Å². The number of carbonyl (C=O) groups excluding carboxylic acids is 1. The van der Waals surface area contributed by atoms with Gasteiger partial charge < -0.3 is 5.11 Å². The summed E-state index contributed by atoms with van der Waals surface area (Å²) in [6, 6.07) is 3.65. The monoisotopic (exact) mass is 262 g/mol. The van der Waals surface area contributed by atoms with E-state index in [0.717, 1.165) is 5.56 Å². The second kappa shape index (κ2) is 5.38. The molecular weight excluding hydrogens is 244 g/mol. The van der Waals surface area contributed by atoms with Crippen molar-refractivity contribution in [2.45, 2.75) is 39.2 Å². The second-order valence-corrected chi connectivity index (χ2v) is 5.08. The van der Waals surface area contributed by atoms with Gasteiger partial charge in [0, 0.05) is 19.2 Å². The highest BCUT2D eigenvalue weighted by molar-refractivity contribution is 5.91. The molecule has 1 fully saturated rings. The van der Waals surface area contributed by atoms with Gasteiger partial charge in [0.25, 0.3) is 0 Å². The van der Waals surface area contributed by atoms with E-state index in [2.05, 4.69) is 4.98 Å². The van der Waals surface area contributed by atoms with Crippen molar-refractivity contribution in [1.29, 1.82) is 0 Å². The van der Waals surface area contributed by atoms with E-state index in [1.54, 1.807) is 11.1 Å². The Bertz CT molecular complexity index is 484. The van der Waals surface area contributed by atoms with Gasteiger partial charge in [0.2, 0.25) is 5.91 Å². The van der Waals surface area contributed by atoms with Crippen molar-refractivity contribution in [1.82, 2.24) is 4.98 Å². The molecule has 1 heterocycles. The lowest BCUT2D eigenvalue weighted by Gasteiger charge is -2.27. The largest absolute Gasteiger partial charge is 0.481 e. The molecule has 1 amide bonds. The molecule has 1 aromatic heterocycles. The fourth-order valence-corrected chi connectivity index (χ4v) is 2.62. The molecule has 2 rings (SSSR count). The molecular formula is C14H18N2O3. The molecule has 19 heavy (non-hydrogen) atoms. The minimum absolute atomic E-state index is 0.0613. The van der Waals surface area contributed by atoms with Crippen molar-refractivity contribution in [2.24, 2.45) is 5.92 Å². The van der Waals surface area contributed by atoms with Crippen LogP contribution in [-0.2, 0) is 9.59 Å². The maximum absolute atomic E-state index is 11.8. The summed E-state index contributed by atoms with van der Waals surface area (Å²) in [5.41, 5.74) is 1.03. The quantitative estimate of drug-likeness (QED) is 0.904. The number of aryl methyl sites for hydroxylation is 1. The number of carbonyl (C=O) groups is 2. The van der Waals surface area contributed by atoms with Gasteiger partial charge in [-0.25, -0.2) is 4.98 Å². The number of hydrogen-bond donors (Lipinski definition) is 1. The highest BCUT2D eigenvalue weighted by Gasteiger charge is 2.35. The van der Waals surface area contributed by atoms with Crippen LogP contribution in [0.2, 0.25) is 0 Å². The van der Waals surface area contributed by atoms with Crippen LogP contribution in [-0.4, -0.2) is 28.0 Å². The van der Waals surface area contributed by atoms with Crippen molar-refractivity contribution in [2.75, 3.05) is 4.90 Å². The SMILES string of the molecule is CC(=O)N(c1ccc(C)cn1)[C@H]1CC[C@@H](C(=O)O)C1. The molecule has 2 atom stereocenters. The van der Waals surface area contributed by atoms with Crippen LogP contribution in [0.5, 0.6) is 0 Å². The zero-order chi connectivity index (χ0) is 14.0. The molecule has 5 nitrogen and oxygen atoms in total. The molecule has 0 unspecified atom stereocenters. The minimum atomic E-state index is -0.775. The Kier molecular flexibility index (Phi) is 3.83. The minimum Gasteiger partial charge on any atom is -0.481 e. The summed E-state index contributed by atoms with van der Waals surface area (Å²) in [5, 5.41) is 9.04. The lowest BCUT2D eigenvalue weighted by Crippen LogP contribution is -2.38. The Balaban J connectivity index is 2.20. The molecule has 1 aromatic rings. The number of aliphatic carboxylic acids is 1. The molecule has 5 heteroatoms. The Morgan fingerprint density at radius 1 is 1.37 bits per heavy atom. The number of amides is 1. The predicted molar refractivity (Wildman–Crippen MR) is 70.9 cm³/mol. The number of carboxylic acids is 1. The number of hydrogen-bond acceptors (Lipinski definition) is 3. The molecule has 0 spiro atoms. The van der Waals surface area contributed by atoms with Gasteiger partial charge in [-0.15, -0.1) is 0 Å². The van der Waals surface area contributed by atoms with Crippen LogP contribution in [0.4, 0.5) is 5.82 Å². The fraction of sp³-hybridized carbons (Fsp3) is 0.500. The third-order valence-corrected chi connectivity index (χ3v) is 3.60. The fourth-order valence-electron chi connectivity index (χ4n) is 2.62. The van der Waals surface area contributed by atoms with E-state index in [-0.39, 0.29) is 17.9 Å². The van der Waals surface area contributed by atoms with Crippen LogP contribution in [0.3, 0.4) is 0 Å². The van der Waals surface area contributed by atoms with E-state index in [1.165, 1.54) is 6.92 Å². The van der Waals surface area contributed by atoms with Crippen molar-refractivity contribution in [3.05, 3.63) is 23.9 Å². The molecule has 1 N–H and O–H groups in total. The first-order valence-corrected chi connectivity index (χ1v) is 6.44.